The molecule has 0 saturated carbocycles. The summed E-state index contributed by atoms with van der Waals surface area (Å²) in [6, 6.07) is -1.02. The molecule has 11 nitrogen and oxygen atoms in total. The number of rotatable bonds is 60. The molecule has 1 heterocycles. The first kappa shape index (κ1) is 77.6. The molecular formula is C71H131NO10. The molecule has 1 fully saturated rings. The van der Waals surface area contributed by atoms with E-state index in [2.05, 4.69) is 62.5 Å². The number of carbonyl (C=O) groups is 2. The lowest BCUT2D eigenvalue weighted by Gasteiger charge is -2.41. The summed E-state index contributed by atoms with van der Waals surface area (Å²) in [7, 11) is 0. The molecular weight excluding hydrogens is 1030 g/mol. The highest BCUT2D eigenvalue weighted by molar-refractivity contribution is 5.80. The van der Waals surface area contributed by atoms with Gasteiger partial charge in [0, 0.05) is 6.42 Å². The third-order valence-corrected chi connectivity index (χ3v) is 16.5. The van der Waals surface area contributed by atoms with Crippen molar-refractivity contribution in [2.75, 3.05) is 13.2 Å². The van der Waals surface area contributed by atoms with Crippen LogP contribution in [0.2, 0.25) is 0 Å². The van der Waals surface area contributed by atoms with E-state index in [1.54, 1.807) is 6.08 Å². The lowest BCUT2D eigenvalue weighted by atomic mass is 9.99. The van der Waals surface area contributed by atoms with Gasteiger partial charge in [-0.15, -0.1) is 0 Å². The summed E-state index contributed by atoms with van der Waals surface area (Å²) in [4.78, 5) is 26.6. The van der Waals surface area contributed by atoms with Gasteiger partial charge in [-0.2, -0.15) is 0 Å². The van der Waals surface area contributed by atoms with Crippen LogP contribution in [0.1, 0.15) is 329 Å². The smallest absolute Gasteiger partial charge is 0.306 e. The highest BCUT2D eigenvalue weighted by Gasteiger charge is 2.47. The number of hydrogen-bond donors (Lipinski definition) is 6. The molecule has 1 aliphatic heterocycles. The van der Waals surface area contributed by atoms with Crippen LogP contribution in [0.3, 0.4) is 0 Å². The predicted molar refractivity (Wildman–Crippen MR) is 343 cm³/mol. The topological polar surface area (TPSA) is 175 Å². The Morgan fingerprint density at radius 2 is 0.878 bits per heavy atom. The Balaban J connectivity index is 2.56. The molecule has 0 aromatic rings. The fraction of sp³-hybridized carbons (Fsp3) is 0.859. The van der Waals surface area contributed by atoms with Crippen LogP contribution in [0.4, 0.5) is 0 Å². The van der Waals surface area contributed by atoms with Crippen LogP contribution in [0.25, 0.3) is 0 Å². The normalized spacial score (nSPS) is 18.9. The lowest BCUT2D eigenvalue weighted by Crippen LogP contribution is -2.61. The van der Waals surface area contributed by atoms with E-state index in [-0.39, 0.29) is 13.0 Å². The van der Waals surface area contributed by atoms with Gasteiger partial charge in [-0.05, 0) is 77.0 Å². The number of esters is 1. The second-order valence-corrected chi connectivity index (χ2v) is 24.2. The van der Waals surface area contributed by atoms with Gasteiger partial charge >= 0.3 is 5.97 Å². The number of amides is 1. The molecule has 1 saturated heterocycles. The Morgan fingerprint density at radius 3 is 1.32 bits per heavy atom. The highest BCUT2D eigenvalue weighted by atomic mass is 16.7. The van der Waals surface area contributed by atoms with Crippen molar-refractivity contribution in [3.8, 4) is 0 Å². The molecule has 11 heteroatoms. The maximum atomic E-state index is 13.5. The standard InChI is InChI=1S/C71H131NO10/c1-4-7-10-13-16-19-22-25-27-28-29-30-31-32-33-34-35-36-37-38-40-43-46-49-52-55-58-64(75)70(79)72-62(63(74)57-54-51-48-45-42-39-24-21-18-15-12-9-6-3)61-80-71-69(68(78)67(77)65(60-73)81-71)82-66(76)59-56-53-50-47-44-41-26-23-20-17-14-11-8-5-2/h8,11,17,20,25,27,54,57,62-65,67-69,71,73-75,77-78H,4-7,9-10,12-16,18-19,21-24,26,28-53,55-56,58-61H2,1-3H3,(H,72,79)/b11-8+,20-17+,27-25+,57-54+. The number of nitrogens with one attached hydrogen (secondary N) is 1. The van der Waals surface area contributed by atoms with Gasteiger partial charge in [-0.3, -0.25) is 9.59 Å². The molecule has 0 radical (unpaired) electrons. The van der Waals surface area contributed by atoms with Crippen molar-refractivity contribution in [1.29, 1.82) is 0 Å². The second kappa shape index (κ2) is 59.0. The monoisotopic (exact) mass is 1160 g/mol. The highest BCUT2D eigenvalue weighted by Crippen LogP contribution is 2.26. The van der Waals surface area contributed by atoms with E-state index >= 15 is 0 Å². The zero-order chi connectivity index (χ0) is 59.6. The van der Waals surface area contributed by atoms with Crippen molar-refractivity contribution in [1.82, 2.24) is 5.32 Å². The van der Waals surface area contributed by atoms with Crippen LogP contribution in [-0.4, -0.2) is 99.6 Å². The van der Waals surface area contributed by atoms with E-state index in [4.69, 9.17) is 14.2 Å². The zero-order valence-corrected chi connectivity index (χ0v) is 53.4. The largest absolute Gasteiger partial charge is 0.454 e. The first-order valence-corrected chi connectivity index (χ1v) is 34.9. The van der Waals surface area contributed by atoms with Crippen molar-refractivity contribution in [2.24, 2.45) is 0 Å². The molecule has 8 atom stereocenters. The van der Waals surface area contributed by atoms with E-state index < -0.39 is 67.4 Å². The quantitative estimate of drug-likeness (QED) is 0.0195. The summed E-state index contributed by atoms with van der Waals surface area (Å²) in [5.74, 6) is -1.19. The summed E-state index contributed by atoms with van der Waals surface area (Å²) < 4.78 is 17.7. The van der Waals surface area contributed by atoms with Crippen LogP contribution in [0, 0.1) is 0 Å². The summed E-state index contributed by atoms with van der Waals surface area (Å²) in [5.41, 5.74) is 0. The van der Waals surface area contributed by atoms with Crippen molar-refractivity contribution in [2.45, 2.75) is 378 Å². The fourth-order valence-electron chi connectivity index (χ4n) is 11.0. The van der Waals surface area contributed by atoms with Crippen LogP contribution in [0.5, 0.6) is 0 Å². The first-order valence-electron chi connectivity index (χ1n) is 34.9. The average Bonchev–Trinajstić information content (AvgIpc) is 3.45. The first-order chi connectivity index (χ1) is 40.2. The molecule has 0 bridgehead atoms. The number of hydrogen-bond acceptors (Lipinski definition) is 10. The van der Waals surface area contributed by atoms with E-state index in [0.717, 1.165) is 83.5 Å². The van der Waals surface area contributed by atoms with Gasteiger partial charge < -0.3 is 45.1 Å². The van der Waals surface area contributed by atoms with Gasteiger partial charge in [0.2, 0.25) is 5.91 Å². The van der Waals surface area contributed by atoms with Gasteiger partial charge in [-0.25, -0.2) is 0 Å². The van der Waals surface area contributed by atoms with Gasteiger partial charge in [0.15, 0.2) is 12.4 Å². The van der Waals surface area contributed by atoms with E-state index in [0.29, 0.717) is 19.3 Å². The number of carbonyl (C=O) groups excluding carboxylic acids is 2. The van der Waals surface area contributed by atoms with Crippen molar-refractivity contribution >= 4 is 11.9 Å². The van der Waals surface area contributed by atoms with E-state index in [1.165, 1.54) is 199 Å². The molecule has 8 unspecified atom stereocenters. The van der Waals surface area contributed by atoms with Gasteiger partial charge in [0.25, 0.3) is 0 Å². The average molecular weight is 1160 g/mol. The molecule has 0 aromatic heterocycles. The Bertz CT molecular complexity index is 1520. The summed E-state index contributed by atoms with van der Waals surface area (Å²) >= 11 is 0. The van der Waals surface area contributed by atoms with Crippen LogP contribution >= 0.6 is 0 Å². The molecule has 0 spiro atoms. The Kier molecular flexibility index (Phi) is 55.8. The number of ether oxygens (including phenoxy) is 3. The maximum absolute atomic E-state index is 13.5. The van der Waals surface area contributed by atoms with E-state index in [9.17, 15) is 35.1 Å². The van der Waals surface area contributed by atoms with Crippen LogP contribution in [-0.2, 0) is 23.8 Å². The Hall–Kier alpha value is -2.38. The third kappa shape index (κ3) is 45.9. The second-order valence-electron chi connectivity index (χ2n) is 24.2. The molecule has 82 heavy (non-hydrogen) atoms. The summed E-state index contributed by atoms with van der Waals surface area (Å²) in [5, 5.41) is 57.2. The Labute approximate surface area is 504 Å². The van der Waals surface area contributed by atoms with Crippen molar-refractivity contribution < 1.29 is 49.3 Å². The minimum atomic E-state index is -1.62. The van der Waals surface area contributed by atoms with E-state index in [1.807, 2.05) is 6.08 Å². The van der Waals surface area contributed by atoms with Crippen LogP contribution < -0.4 is 5.32 Å². The molecule has 1 rings (SSSR count). The molecule has 1 aliphatic rings. The molecule has 480 valence electrons. The minimum Gasteiger partial charge on any atom is -0.454 e. The van der Waals surface area contributed by atoms with Gasteiger partial charge in [0.05, 0.1) is 25.4 Å². The van der Waals surface area contributed by atoms with Gasteiger partial charge in [-0.1, -0.05) is 294 Å². The van der Waals surface area contributed by atoms with Crippen molar-refractivity contribution in [3.63, 3.8) is 0 Å². The van der Waals surface area contributed by atoms with Crippen molar-refractivity contribution in [3.05, 3.63) is 48.6 Å². The summed E-state index contributed by atoms with van der Waals surface area (Å²) in [6.45, 7) is 5.71. The lowest BCUT2D eigenvalue weighted by molar-refractivity contribution is -0.305. The third-order valence-electron chi connectivity index (χ3n) is 16.5. The minimum absolute atomic E-state index is 0.116. The number of aliphatic hydroxyl groups excluding tert-OH is 5. The molecule has 0 aliphatic carbocycles. The Morgan fingerprint density at radius 1 is 0.488 bits per heavy atom. The number of allylic oxidation sites excluding steroid dienone is 7. The molecule has 6 N–H and O–H groups in total. The summed E-state index contributed by atoms with van der Waals surface area (Å²) in [6.07, 6.45) is 63.1. The number of unbranched alkanes of at least 4 members (excludes halogenated alkanes) is 40. The SMILES string of the molecule is CC/C=C/C/C=C/CCCCCCCCCC(=O)OC1C(OCC(NC(=O)C(O)CCCCCCCCCCCCCCCCCC/C=C/CCCCCCCC)C(O)/C=C/CCCCCCCCCCCCC)OC(CO)C(O)C1O. The van der Waals surface area contributed by atoms with Crippen LogP contribution in [0.15, 0.2) is 48.6 Å². The maximum Gasteiger partial charge on any atom is 0.306 e. The zero-order valence-electron chi connectivity index (χ0n) is 53.4. The number of aliphatic hydroxyl groups is 5. The predicted octanol–water partition coefficient (Wildman–Crippen LogP) is 17.6. The molecule has 1 amide bonds. The van der Waals surface area contributed by atoms with Gasteiger partial charge in [0.1, 0.15) is 24.4 Å². The fourth-order valence-corrected chi connectivity index (χ4v) is 11.0. The molecule has 0 aromatic carbocycles.